The molecule has 1 aliphatic carbocycles. The molecule has 0 saturated heterocycles. The Bertz CT molecular complexity index is 1500. The minimum Gasteiger partial charge on any atom is -0.493 e. The number of fused-ring (bicyclic) bond motifs is 2. The average molecular weight is 477 g/mol. The first-order chi connectivity index (χ1) is 17.7. The van der Waals surface area contributed by atoms with Crippen LogP contribution in [0.4, 0.5) is 11.4 Å². The Balaban J connectivity index is 1.48. The zero-order valence-corrected chi connectivity index (χ0v) is 20.4. The number of ether oxygens (including phenoxy) is 2. The molecule has 2 aliphatic rings. The second-order valence-electron chi connectivity index (χ2n) is 9.35. The number of benzene rings is 4. The summed E-state index contributed by atoms with van der Waals surface area (Å²) in [6, 6.07) is 28.5. The molecule has 1 aliphatic heterocycles. The van der Waals surface area contributed by atoms with Crippen LogP contribution in [0.15, 0.2) is 96.2 Å². The highest BCUT2D eigenvalue weighted by atomic mass is 16.5. The molecule has 6 rings (SSSR count). The molecule has 2 unspecified atom stereocenters. The predicted molar refractivity (Wildman–Crippen MR) is 144 cm³/mol. The number of carbonyl (C=O) groups is 1. The number of carbonyl (C=O) groups excluding carboxylic acids is 1. The Morgan fingerprint density at radius 2 is 1.53 bits per heavy atom. The van der Waals surface area contributed by atoms with E-state index in [0.29, 0.717) is 17.9 Å². The molecule has 5 nitrogen and oxygen atoms in total. The van der Waals surface area contributed by atoms with Crippen LogP contribution in [0.5, 0.6) is 11.5 Å². The van der Waals surface area contributed by atoms with Crippen LogP contribution in [-0.2, 0) is 4.79 Å². The lowest BCUT2D eigenvalue weighted by Gasteiger charge is -2.30. The third kappa shape index (κ3) is 3.77. The Morgan fingerprint density at radius 1 is 0.778 bits per heavy atom. The lowest BCUT2D eigenvalue weighted by molar-refractivity contribution is -0.116. The van der Waals surface area contributed by atoms with Crippen molar-refractivity contribution in [2.24, 2.45) is 0 Å². The van der Waals surface area contributed by atoms with E-state index in [1.165, 1.54) is 0 Å². The van der Waals surface area contributed by atoms with Crippen LogP contribution in [-0.4, -0.2) is 20.0 Å². The molecule has 2 N–H and O–H groups in total. The van der Waals surface area contributed by atoms with Crippen molar-refractivity contribution in [1.82, 2.24) is 0 Å². The number of nitrogens with one attached hydrogen (secondary N) is 2. The molecular formula is C31H28N2O3. The summed E-state index contributed by atoms with van der Waals surface area (Å²) in [5.74, 6) is 1.56. The SMILES string of the molecule is COc1ccc(C2CC(=O)C3=C(C2)Nc2ccccc2NC3c2cccc3ccccc23)cc1OC. The van der Waals surface area contributed by atoms with E-state index >= 15 is 0 Å². The van der Waals surface area contributed by atoms with E-state index < -0.39 is 0 Å². The average Bonchev–Trinajstić information content (AvgIpc) is 3.09. The summed E-state index contributed by atoms with van der Waals surface area (Å²) in [6.07, 6.45) is 1.17. The summed E-state index contributed by atoms with van der Waals surface area (Å²) in [7, 11) is 3.27. The highest BCUT2D eigenvalue weighted by Gasteiger charge is 2.36. The maximum Gasteiger partial charge on any atom is 0.163 e. The van der Waals surface area contributed by atoms with E-state index in [2.05, 4.69) is 59.2 Å². The highest BCUT2D eigenvalue weighted by Crippen LogP contribution is 2.46. The number of methoxy groups -OCH3 is 2. The summed E-state index contributed by atoms with van der Waals surface area (Å²) in [4.78, 5) is 13.9. The van der Waals surface area contributed by atoms with Gasteiger partial charge >= 0.3 is 0 Å². The summed E-state index contributed by atoms with van der Waals surface area (Å²) in [5.41, 5.74) is 5.94. The quantitative estimate of drug-likeness (QED) is 0.338. The van der Waals surface area contributed by atoms with Crippen molar-refractivity contribution >= 4 is 27.9 Å². The Labute approximate surface area is 210 Å². The Hall–Kier alpha value is -4.25. The number of Topliss-reactive ketones (excluding diaryl/α,β-unsaturated/α-hetero) is 1. The van der Waals surface area contributed by atoms with Crippen molar-refractivity contribution in [2.75, 3.05) is 24.9 Å². The molecular weight excluding hydrogens is 448 g/mol. The van der Waals surface area contributed by atoms with Crippen molar-refractivity contribution in [3.8, 4) is 11.5 Å². The first kappa shape index (κ1) is 22.2. The van der Waals surface area contributed by atoms with Crippen LogP contribution < -0.4 is 20.1 Å². The molecule has 4 aromatic rings. The van der Waals surface area contributed by atoms with Gasteiger partial charge in [-0.15, -0.1) is 0 Å². The van der Waals surface area contributed by atoms with Crippen molar-refractivity contribution in [3.05, 3.63) is 107 Å². The minimum atomic E-state index is -0.249. The van der Waals surface area contributed by atoms with Gasteiger partial charge in [0.15, 0.2) is 17.3 Å². The van der Waals surface area contributed by atoms with Gasteiger partial charge < -0.3 is 20.1 Å². The molecule has 0 radical (unpaired) electrons. The fourth-order valence-corrected chi connectivity index (χ4v) is 5.57. The molecule has 2 atom stereocenters. The van der Waals surface area contributed by atoms with Gasteiger partial charge in [-0.1, -0.05) is 60.7 Å². The molecule has 0 fully saturated rings. The maximum absolute atomic E-state index is 13.9. The Kier molecular flexibility index (Phi) is 5.61. The molecule has 1 heterocycles. The van der Waals surface area contributed by atoms with Gasteiger partial charge in [0.25, 0.3) is 0 Å². The van der Waals surface area contributed by atoms with Gasteiger partial charge in [0.05, 0.1) is 31.6 Å². The standard InChI is InChI=1S/C31H28N2O3/c1-35-28-15-14-20(18-29(28)36-2)21-16-26-30(27(34)17-21)31(33-25-13-6-5-12-24(25)32-26)23-11-7-9-19-8-3-4-10-22(19)23/h3-15,18,21,31-33H,16-17H2,1-2H3. The van der Waals surface area contributed by atoms with Crippen molar-refractivity contribution in [3.63, 3.8) is 0 Å². The minimum absolute atomic E-state index is 0.0435. The van der Waals surface area contributed by atoms with Crippen molar-refractivity contribution in [1.29, 1.82) is 0 Å². The van der Waals surface area contributed by atoms with Gasteiger partial charge in [0.2, 0.25) is 0 Å². The van der Waals surface area contributed by atoms with Gasteiger partial charge in [0.1, 0.15) is 0 Å². The molecule has 0 amide bonds. The molecule has 0 saturated carbocycles. The second kappa shape index (κ2) is 9.08. The van der Waals surface area contributed by atoms with E-state index in [9.17, 15) is 4.79 Å². The van der Waals surface area contributed by atoms with E-state index in [4.69, 9.17) is 9.47 Å². The van der Waals surface area contributed by atoms with Crippen molar-refractivity contribution in [2.45, 2.75) is 24.8 Å². The van der Waals surface area contributed by atoms with Gasteiger partial charge in [-0.3, -0.25) is 4.79 Å². The van der Waals surface area contributed by atoms with Crippen LogP contribution in [0.25, 0.3) is 10.8 Å². The fourth-order valence-electron chi connectivity index (χ4n) is 5.57. The number of hydrogen-bond acceptors (Lipinski definition) is 5. The molecule has 0 aromatic heterocycles. The van der Waals surface area contributed by atoms with Crippen LogP contribution in [0.2, 0.25) is 0 Å². The molecule has 5 heteroatoms. The zero-order valence-electron chi connectivity index (χ0n) is 20.4. The number of allylic oxidation sites excluding steroid dienone is 1. The lowest BCUT2D eigenvalue weighted by atomic mass is 9.78. The third-order valence-corrected chi connectivity index (χ3v) is 7.32. The van der Waals surface area contributed by atoms with E-state index in [-0.39, 0.29) is 17.7 Å². The number of ketones is 1. The van der Waals surface area contributed by atoms with Gasteiger partial charge in [-0.2, -0.15) is 0 Å². The summed E-state index contributed by atoms with van der Waals surface area (Å²) in [6.45, 7) is 0. The summed E-state index contributed by atoms with van der Waals surface area (Å²) in [5, 5.41) is 9.65. The number of para-hydroxylation sites is 2. The maximum atomic E-state index is 13.9. The van der Waals surface area contributed by atoms with E-state index in [1.807, 2.05) is 36.4 Å². The first-order valence-electron chi connectivity index (χ1n) is 12.2. The normalized spacial score (nSPS) is 19.0. The monoisotopic (exact) mass is 476 g/mol. The van der Waals surface area contributed by atoms with Gasteiger partial charge in [0, 0.05) is 17.7 Å². The largest absolute Gasteiger partial charge is 0.493 e. The van der Waals surface area contributed by atoms with E-state index in [1.54, 1.807) is 14.2 Å². The molecule has 36 heavy (non-hydrogen) atoms. The summed E-state index contributed by atoms with van der Waals surface area (Å²) >= 11 is 0. The number of rotatable bonds is 4. The topological polar surface area (TPSA) is 59.6 Å². The summed E-state index contributed by atoms with van der Waals surface area (Å²) < 4.78 is 11.0. The zero-order chi connectivity index (χ0) is 24.6. The molecule has 0 spiro atoms. The van der Waals surface area contributed by atoms with Gasteiger partial charge in [-0.25, -0.2) is 0 Å². The highest BCUT2D eigenvalue weighted by molar-refractivity contribution is 6.02. The molecule has 0 bridgehead atoms. The third-order valence-electron chi connectivity index (χ3n) is 7.32. The molecule has 180 valence electrons. The molecule has 4 aromatic carbocycles. The van der Waals surface area contributed by atoms with Crippen LogP contribution >= 0.6 is 0 Å². The number of hydrogen-bond donors (Lipinski definition) is 2. The van der Waals surface area contributed by atoms with Gasteiger partial charge in [-0.05, 0) is 58.5 Å². The number of anilines is 2. The Morgan fingerprint density at radius 3 is 2.36 bits per heavy atom. The first-order valence-corrected chi connectivity index (χ1v) is 12.2. The van der Waals surface area contributed by atoms with Crippen molar-refractivity contribution < 1.29 is 14.3 Å². The van der Waals surface area contributed by atoms with Crippen LogP contribution in [0.1, 0.15) is 35.9 Å². The van der Waals surface area contributed by atoms with E-state index in [0.717, 1.165) is 51.0 Å². The smallest absolute Gasteiger partial charge is 0.163 e. The second-order valence-corrected chi connectivity index (χ2v) is 9.35. The lowest BCUT2D eigenvalue weighted by Crippen LogP contribution is -2.27. The predicted octanol–water partition coefficient (Wildman–Crippen LogP) is 6.84. The van der Waals surface area contributed by atoms with Crippen LogP contribution in [0, 0.1) is 0 Å². The fraction of sp³-hybridized carbons (Fsp3) is 0.194. The van der Waals surface area contributed by atoms with Crippen LogP contribution in [0.3, 0.4) is 0 Å².